The van der Waals surface area contributed by atoms with E-state index < -0.39 is 0 Å². The smallest absolute Gasteiger partial charge is 0.274 e. The molecule has 3 rings (SSSR count). The van der Waals surface area contributed by atoms with E-state index in [1.54, 1.807) is 32.4 Å². The Bertz CT molecular complexity index is 931. The molecule has 0 fully saturated rings. The molecule has 0 unspecified atom stereocenters. The Morgan fingerprint density at radius 1 is 1.20 bits per heavy atom. The van der Waals surface area contributed by atoms with Gasteiger partial charge in [-0.3, -0.25) is 9.20 Å². The van der Waals surface area contributed by atoms with Crippen LogP contribution in [0.3, 0.4) is 0 Å². The summed E-state index contributed by atoms with van der Waals surface area (Å²) in [5.41, 5.74) is 3.79. The van der Waals surface area contributed by atoms with Gasteiger partial charge in [0.1, 0.15) is 11.3 Å². The predicted octanol–water partition coefficient (Wildman–Crippen LogP) is 3.47. The van der Waals surface area contributed by atoms with Gasteiger partial charge in [0.05, 0.1) is 19.9 Å². The Labute approximate surface area is 146 Å². The fourth-order valence-electron chi connectivity index (χ4n) is 2.84. The second kappa shape index (κ2) is 6.84. The molecule has 0 saturated carbocycles. The number of rotatable bonds is 5. The molecule has 0 aliphatic carbocycles. The molecule has 3 aromatic rings. The number of hydrogen-bond acceptors (Lipinski definition) is 4. The van der Waals surface area contributed by atoms with E-state index in [-0.39, 0.29) is 5.91 Å². The summed E-state index contributed by atoms with van der Waals surface area (Å²) in [5, 5.41) is 2.92. The quantitative estimate of drug-likeness (QED) is 0.773. The normalized spacial score (nSPS) is 10.7. The van der Waals surface area contributed by atoms with Gasteiger partial charge in [-0.1, -0.05) is 13.0 Å². The van der Waals surface area contributed by atoms with Crippen molar-refractivity contribution in [2.24, 2.45) is 0 Å². The molecule has 6 heteroatoms. The minimum absolute atomic E-state index is 0.206. The van der Waals surface area contributed by atoms with Crippen LogP contribution >= 0.6 is 0 Å². The van der Waals surface area contributed by atoms with Crippen LogP contribution in [0.1, 0.15) is 28.7 Å². The van der Waals surface area contributed by atoms with Gasteiger partial charge in [0.2, 0.25) is 0 Å². The number of ether oxygens (including phenoxy) is 2. The van der Waals surface area contributed by atoms with Crippen molar-refractivity contribution in [1.82, 2.24) is 9.38 Å². The lowest BCUT2D eigenvalue weighted by Crippen LogP contribution is -2.16. The van der Waals surface area contributed by atoms with E-state index >= 15 is 0 Å². The fraction of sp³-hybridized carbons (Fsp3) is 0.263. The number of aromatic nitrogens is 2. The molecular formula is C19H21N3O3. The van der Waals surface area contributed by atoms with Gasteiger partial charge in [-0.2, -0.15) is 0 Å². The number of imidazole rings is 1. The van der Waals surface area contributed by atoms with Crippen LogP contribution in [0.2, 0.25) is 0 Å². The van der Waals surface area contributed by atoms with Crippen LogP contribution in [0, 0.1) is 6.92 Å². The Hall–Kier alpha value is -3.02. The van der Waals surface area contributed by atoms with Crippen molar-refractivity contribution < 1.29 is 14.3 Å². The molecule has 1 N–H and O–H groups in total. The minimum Gasteiger partial charge on any atom is -0.493 e. The number of carbonyl (C=O) groups excluding carboxylic acids is 1. The van der Waals surface area contributed by atoms with Gasteiger partial charge < -0.3 is 14.8 Å². The third-order valence-corrected chi connectivity index (χ3v) is 4.11. The van der Waals surface area contributed by atoms with Crippen LogP contribution in [-0.2, 0) is 6.42 Å². The lowest BCUT2D eigenvalue weighted by atomic mass is 10.2. The lowest BCUT2D eigenvalue weighted by Gasteiger charge is -2.11. The van der Waals surface area contributed by atoms with Crippen molar-refractivity contribution in [1.29, 1.82) is 0 Å². The maximum absolute atomic E-state index is 12.9. The van der Waals surface area contributed by atoms with Gasteiger partial charge in [0.15, 0.2) is 11.5 Å². The molecule has 130 valence electrons. The van der Waals surface area contributed by atoms with Crippen molar-refractivity contribution in [3.63, 3.8) is 0 Å². The summed E-state index contributed by atoms with van der Waals surface area (Å²) in [6, 6.07) is 9.17. The molecule has 1 aromatic carbocycles. The van der Waals surface area contributed by atoms with E-state index in [1.165, 1.54) is 0 Å². The van der Waals surface area contributed by atoms with Crippen LogP contribution in [0.25, 0.3) is 5.65 Å². The highest BCUT2D eigenvalue weighted by molar-refractivity contribution is 6.04. The van der Waals surface area contributed by atoms with E-state index in [2.05, 4.69) is 10.3 Å². The first-order valence-electron chi connectivity index (χ1n) is 8.09. The van der Waals surface area contributed by atoms with Crippen LogP contribution in [-0.4, -0.2) is 29.5 Å². The number of hydrogen-bond donors (Lipinski definition) is 1. The zero-order chi connectivity index (χ0) is 18.0. The molecular weight excluding hydrogens is 318 g/mol. The molecule has 0 atom stereocenters. The number of anilines is 1. The Morgan fingerprint density at radius 3 is 2.64 bits per heavy atom. The van der Waals surface area contributed by atoms with Gasteiger partial charge in [0, 0.05) is 18.0 Å². The number of carbonyl (C=O) groups is 1. The SMILES string of the molecule is CCc1nc2c(C)cccn2c1C(=O)Nc1ccc(OC)c(OC)c1. The average Bonchev–Trinajstić information content (AvgIpc) is 3.01. The van der Waals surface area contributed by atoms with Crippen molar-refractivity contribution >= 4 is 17.2 Å². The van der Waals surface area contributed by atoms with Gasteiger partial charge in [-0.25, -0.2) is 4.98 Å². The molecule has 2 aromatic heterocycles. The summed E-state index contributed by atoms with van der Waals surface area (Å²) in [6.07, 6.45) is 2.54. The van der Waals surface area contributed by atoms with Crippen molar-refractivity contribution in [3.05, 3.63) is 53.5 Å². The fourth-order valence-corrected chi connectivity index (χ4v) is 2.84. The number of fused-ring (bicyclic) bond motifs is 1. The lowest BCUT2D eigenvalue weighted by molar-refractivity contribution is 0.102. The summed E-state index contributed by atoms with van der Waals surface area (Å²) >= 11 is 0. The molecule has 6 nitrogen and oxygen atoms in total. The summed E-state index contributed by atoms with van der Waals surface area (Å²) in [4.78, 5) is 17.5. The number of amides is 1. The van der Waals surface area contributed by atoms with E-state index in [0.29, 0.717) is 29.3 Å². The molecule has 25 heavy (non-hydrogen) atoms. The maximum Gasteiger partial charge on any atom is 0.274 e. The van der Waals surface area contributed by atoms with E-state index in [4.69, 9.17) is 9.47 Å². The standard InChI is InChI=1S/C19H21N3O3/c1-5-14-17(22-10-6-7-12(2)18(22)21-14)19(23)20-13-8-9-15(24-3)16(11-13)25-4/h6-11H,5H2,1-4H3,(H,20,23). The summed E-state index contributed by atoms with van der Waals surface area (Å²) in [5.74, 6) is 0.965. The first-order chi connectivity index (χ1) is 12.1. The molecule has 0 radical (unpaired) electrons. The topological polar surface area (TPSA) is 64.9 Å². The van der Waals surface area contributed by atoms with Crippen LogP contribution in [0.4, 0.5) is 5.69 Å². The third-order valence-electron chi connectivity index (χ3n) is 4.11. The van der Waals surface area contributed by atoms with Crippen molar-refractivity contribution in [2.75, 3.05) is 19.5 Å². The number of nitrogens with zero attached hydrogens (tertiary/aromatic N) is 2. The molecule has 0 saturated heterocycles. The Morgan fingerprint density at radius 2 is 1.96 bits per heavy atom. The van der Waals surface area contributed by atoms with E-state index in [9.17, 15) is 4.79 Å². The van der Waals surface area contributed by atoms with E-state index in [0.717, 1.165) is 16.9 Å². The maximum atomic E-state index is 12.9. The van der Waals surface area contributed by atoms with Gasteiger partial charge in [-0.15, -0.1) is 0 Å². The third kappa shape index (κ3) is 3.03. The number of methoxy groups -OCH3 is 2. The van der Waals surface area contributed by atoms with Gasteiger partial charge in [-0.05, 0) is 37.1 Å². The molecule has 0 aliphatic heterocycles. The predicted molar refractivity (Wildman–Crippen MR) is 96.8 cm³/mol. The van der Waals surface area contributed by atoms with Crippen molar-refractivity contribution in [2.45, 2.75) is 20.3 Å². The minimum atomic E-state index is -0.206. The van der Waals surface area contributed by atoms with Gasteiger partial charge >= 0.3 is 0 Å². The number of benzene rings is 1. The molecule has 2 heterocycles. The monoisotopic (exact) mass is 339 g/mol. The Kier molecular flexibility index (Phi) is 4.61. The first-order valence-corrected chi connectivity index (χ1v) is 8.09. The second-order valence-corrected chi connectivity index (χ2v) is 5.67. The van der Waals surface area contributed by atoms with Crippen molar-refractivity contribution in [3.8, 4) is 11.5 Å². The Balaban J connectivity index is 1.99. The average molecular weight is 339 g/mol. The summed E-state index contributed by atoms with van der Waals surface area (Å²) < 4.78 is 12.3. The number of pyridine rings is 1. The molecule has 0 bridgehead atoms. The van der Waals surface area contributed by atoms with E-state index in [1.807, 2.05) is 36.6 Å². The summed E-state index contributed by atoms with van der Waals surface area (Å²) in [6.45, 7) is 3.97. The summed E-state index contributed by atoms with van der Waals surface area (Å²) in [7, 11) is 3.14. The number of nitrogens with one attached hydrogen (secondary N) is 1. The van der Waals surface area contributed by atoms with Gasteiger partial charge in [0.25, 0.3) is 5.91 Å². The zero-order valence-electron chi connectivity index (χ0n) is 14.8. The first kappa shape index (κ1) is 16.8. The number of aryl methyl sites for hydroxylation is 2. The highest BCUT2D eigenvalue weighted by Crippen LogP contribution is 2.30. The molecule has 1 amide bonds. The molecule has 0 spiro atoms. The zero-order valence-corrected chi connectivity index (χ0v) is 14.8. The molecule has 0 aliphatic rings. The van der Waals surface area contributed by atoms with Crippen LogP contribution < -0.4 is 14.8 Å². The van der Waals surface area contributed by atoms with Crippen LogP contribution in [0.5, 0.6) is 11.5 Å². The second-order valence-electron chi connectivity index (χ2n) is 5.67. The largest absolute Gasteiger partial charge is 0.493 e. The highest BCUT2D eigenvalue weighted by atomic mass is 16.5. The van der Waals surface area contributed by atoms with Crippen LogP contribution in [0.15, 0.2) is 36.5 Å². The highest BCUT2D eigenvalue weighted by Gasteiger charge is 2.19.